The molecule has 1 aromatic heterocycles. The number of nitrogens with one attached hydrogen (secondary N) is 1. The van der Waals surface area contributed by atoms with E-state index in [0.29, 0.717) is 42.8 Å². The van der Waals surface area contributed by atoms with Gasteiger partial charge in [-0.2, -0.15) is 0 Å². The molecule has 0 spiro atoms. The molecular formula is C23H28N8O4. The molecule has 3 aliphatic rings. The number of hydrogen-bond donors (Lipinski definition) is 2. The number of ether oxygens (including phenoxy) is 3. The number of carbonyl (C=O) groups excluding carboxylic acids is 1. The number of guanidine groups is 1. The quantitative estimate of drug-likeness (QED) is 0.547. The summed E-state index contributed by atoms with van der Waals surface area (Å²) in [5, 5.41) is 2.83. The van der Waals surface area contributed by atoms with Crippen LogP contribution < -0.4 is 20.5 Å². The predicted octanol–water partition coefficient (Wildman–Crippen LogP) is 0.662. The van der Waals surface area contributed by atoms with E-state index in [1.165, 1.54) is 12.3 Å². The van der Waals surface area contributed by atoms with E-state index in [1.807, 2.05) is 17.0 Å². The summed E-state index contributed by atoms with van der Waals surface area (Å²) in [7, 11) is 1.58. The van der Waals surface area contributed by atoms with E-state index in [1.54, 1.807) is 7.11 Å². The van der Waals surface area contributed by atoms with Crippen LogP contribution in [0.25, 0.3) is 0 Å². The van der Waals surface area contributed by atoms with E-state index in [4.69, 9.17) is 24.9 Å². The lowest BCUT2D eigenvalue weighted by molar-refractivity contribution is 0.0357. The van der Waals surface area contributed by atoms with Gasteiger partial charge in [0.05, 0.1) is 33.5 Å². The fourth-order valence-corrected chi connectivity index (χ4v) is 4.26. The van der Waals surface area contributed by atoms with Crippen LogP contribution >= 0.6 is 0 Å². The van der Waals surface area contributed by atoms with Gasteiger partial charge in [-0.05, 0) is 24.6 Å². The molecule has 1 fully saturated rings. The number of anilines is 1. The summed E-state index contributed by atoms with van der Waals surface area (Å²) in [5.74, 6) is 1.75. The van der Waals surface area contributed by atoms with E-state index < -0.39 is 5.91 Å². The molecule has 1 saturated heterocycles. The van der Waals surface area contributed by atoms with Gasteiger partial charge >= 0.3 is 0 Å². The number of benzene rings is 1. The maximum absolute atomic E-state index is 12.8. The Kier molecular flexibility index (Phi) is 6.73. The van der Waals surface area contributed by atoms with Gasteiger partial charge in [-0.15, -0.1) is 0 Å². The van der Waals surface area contributed by atoms with Gasteiger partial charge in [0.15, 0.2) is 11.5 Å². The first kappa shape index (κ1) is 23.0. The van der Waals surface area contributed by atoms with Crippen molar-refractivity contribution < 1.29 is 19.0 Å². The number of fused-ring (bicyclic) bond motifs is 3. The van der Waals surface area contributed by atoms with Crippen LogP contribution in [0, 0.1) is 0 Å². The topological polar surface area (TPSA) is 140 Å². The molecule has 12 nitrogen and oxygen atoms in total. The van der Waals surface area contributed by atoms with Gasteiger partial charge in [0, 0.05) is 37.9 Å². The summed E-state index contributed by atoms with van der Waals surface area (Å²) >= 11 is 0. The summed E-state index contributed by atoms with van der Waals surface area (Å²) in [6, 6.07) is 5.30. The molecule has 12 heteroatoms. The highest BCUT2D eigenvalue weighted by Crippen LogP contribution is 2.43. The smallest absolute Gasteiger partial charge is 0.276 e. The van der Waals surface area contributed by atoms with Crippen molar-refractivity contribution in [2.45, 2.75) is 6.42 Å². The van der Waals surface area contributed by atoms with Gasteiger partial charge < -0.3 is 19.9 Å². The average Bonchev–Trinajstić information content (AvgIpc) is 3.38. The van der Waals surface area contributed by atoms with Crippen LogP contribution in [0.4, 0.5) is 11.6 Å². The Morgan fingerprint density at radius 3 is 2.89 bits per heavy atom. The molecule has 1 aromatic carbocycles. The van der Waals surface area contributed by atoms with Gasteiger partial charge in [-0.1, -0.05) is 0 Å². The molecule has 184 valence electrons. The Hall–Kier alpha value is -3.77. The van der Waals surface area contributed by atoms with Crippen LogP contribution in [0.1, 0.15) is 22.5 Å². The summed E-state index contributed by atoms with van der Waals surface area (Å²) < 4.78 is 17.2. The van der Waals surface area contributed by atoms with Gasteiger partial charge in [0.1, 0.15) is 17.2 Å². The molecule has 0 aliphatic carbocycles. The molecule has 0 bridgehead atoms. The van der Waals surface area contributed by atoms with E-state index >= 15 is 0 Å². The second-order valence-corrected chi connectivity index (χ2v) is 8.20. The standard InChI is InChI=1S/C23H28N8O4/c1-33-19-17(35-12-2-8-30-10-13-34-14-11-30)4-3-15-18(19)28-23(31-9-7-25-20(15)31)29-21(32)16-5-6-26-22(24)27-16/h3-6H,2,7-14H2,1H3,(H2,24,26,27)(H,28,29,32). The normalized spacial score (nSPS) is 17.2. The molecular weight excluding hydrogens is 452 g/mol. The number of hydrogen-bond acceptors (Lipinski definition) is 11. The summed E-state index contributed by atoms with van der Waals surface area (Å²) in [6.45, 7) is 6.14. The number of carbonyl (C=O) groups is 1. The third-order valence-electron chi connectivity index (χ3n) is 5.97. The molecule has 0 radical (unpaired) electrons. The average molecular weight is 481 g/mol. The van der Waals surface area contributed by atoms with E-state index in [0.717, 1.165) is 50.7 Å². The summed E-state index contributed by atoms with van der Waals surface area (Å²) in [4.78, 5) is 34.2. The van der Waals surface area contributed by atoms with Crippen LogP contribution in [0.2, 0.25) is 0 Å². The first-order valence-corrected chi connectivity index (χ1v) is 11.6. The minimum absolute atomic E-state index is 0.0223. The molecule has 2 aromatic rings. The lowest BCUT2D eigenvalue weighted by atomic mass is 10.1. The number of aliphatic imine (C=N–C) groups is 2. The maximum atomic E-state index is 12.8. The van der Waals surface area contributed by atoms with Crippen molar-refractivity contribution in [2.75, 3.05) is 65.4 Å². The predicted molar refractivity (Wildman–Crippen MR) is 129 cm³/mol. The van der Waals surface area contributed by atoms with Gasteiger partial charge in [0.2, 0.25) is 11.9 Å². The van der Waals surface area contributed by atoms with Crippen molar-refractivity contribution in [1.82, 2.24) is 25.1 Å². The number of morpholine rings is 1. The Labute approximate surface area is 202 Å². The van der Waals surface area contributed by atoms with Crippen molar-refractivity contribution in [3.8, 4) is 11.5 Å². The lowest BCUT2D eigenvalue weighted by Crippen LogP contribution is -2.47. The van der Waals surface area contributed by atoms with Crippen LogP contribution in [-0.4, -0.2) is 97.1 Å². The van der Waals surface area contributed by atoms with Crippen molar-refractivity contribution in [1.29, 1.82) is 0 Å². The third-order valence-corrected chi connectivity index (χ3v) is 5.97. The molecule has 1 amide bonds. The first-order chi connectivity index (χ1) is 17.1. The lowest BCUT2D eigenvalue weighted by Gasteiger charge is -2.28. The number of rotatable bonds is 7. The van der Waals surface area contributed by atoms with Gasteiger partial charge in [0.25, 0.3) is 5.91 Å². The van der Waals surface area contributed by atoms with Crippen LogP contribution in [0.3, 0.4) is 0 Å². The van der Waals surface area contributed by atoms with Crippen molar-refractivity contribution in [3.05, 3.63) is 35.7 Å². The largest absolute Gasteiger partial charge is 0.491 e. The highest BCUT2D eigenvalue weighted by molar-refractivity contribution is 6.19. The number of amides is 1. The van der Waals surface area contributed by atoms with Crippen LogP contribution in [0.15, 0.2) is 34.4 Å². The SMILES string of the molecule is COc1c(OCCCN2CCOCC2)ccc2c1N=C(NC(=O)c1ccnc(N)n1)N1CCN=C21. The monoisotopic (exact) mass is 480 g/mol. The number of aromatic nitrogens is 2. The van der Waals surface area contributed by atoms with E-state index in [2.05, 4.69) is 25.2 Å². The number of nitrogens with zero attached hydrogens (tertiary/aromatic N) is 6. The zero-order valence-corrected chi connectivity index (χ0v) is 19.6. The number of methoxy groups -OCH3 is 1. The zero-order chi connectivity index (χ0) is 24.2. The van der Waals surface area contributed by atoms with Crippen molar-refractivity contribution >= 4 is 29.3 Å². The summed E-state index contributed by atoms with van der Waals surface area (Å²) in [5.41, 5.74) is 7.16. The first-order valence-electron chi connectivity index (χ1n) is 11.6. The second kappa shape index (κ2) is 10.2. The van der Waals surface area contributed by atoms with Crippen molar-refractivity contribution in [2.24, 2.45) is 9.98 Å². The molecule has 5 rings (SSSR count). The molecule has 35 heavy (non-hydrogen) atoms. The number of amidine groups is 1. The highest BCUT2D eigenvalue weighted by Gasteiger charge is 2.33. The molecule has 4 heterocycles. The van der Waals surface area contributed by atoms with Crippen LogP contribution in [-0.2, 0) is 4.74 Å². The van der Waals surface area contributed by atoms with Gasteiger partial charge in [-0.25, -0.2) is 15.0 Å². The Morgan fingerprint density at radius 2 is 2.09 bits per heavy atom. The molecule has 0 unspecified atom stereocenters. The second-order valence-electron chi connectivity index (χ2n) is 8.20. The number of nitrogen functional groups attached to an aromatic ring is 1. The summed E-state index contributed by atoms with van der Waals surface area (Å²) in [6.07, 6.45) is 2.32. The molecule has 0 atom stereocenters. The minimum atomic E-state index is -0.443. The fraction of sp³-hybridized carbons (Fsp3) is 0.435. The Morgan fingerprint density at radius 1 is 1.23 bits per heavy atom. The molecule has 3 N–H and O–H groups in total. The minimum Gasteiger partial charge on any atom is -0.491 e. The molecule has 0 saturated carbocycles. The third kappa shape index (κ3) is 4.88. The Bertz CT molecular complexity index is 1160. The Balaban J connectivity index is 1.35. The fourth-order valence-electron chi connectivity index (χ4n) is 4.26. The maximum Gasteiger partial charge on any atom is 0.276 e. The van der Waals surface area contributed by atoms with E-state index in [9.17, 15) is 4.79 Å². The van der Waals surface area contributed by atoms with Crippen LogP contribution in [0.5, 0.6) is 11.5 Å². The van der Waals surface area contributed by atoms with Crippen molar-refractivity contribution in [3.63, 3.8) is 0 Å². The number of nitrogens with two attached hydrogens (primary N) is 1. The highest BCUT2D eigenvalue weighted by atomic mass is 16.5. The van der Waals surface area contributed by atoms with E-state index in [-0.39, 0.29) is 11.6 Å². The molecule has 3 aliphatic heterocycles. The van der Waals surface area contributed by atoms with Gasteiger partial charge in [-0.3, -0.25) is 24.9 Å². The zero-order valence-electron chi connectivity index (χ0n) is 19.6.